The summed E-state index contributed by atoms with van der Waals surface area (Å²) in [5, 5.41) is 21.5. The maximum Gasteiger partial charge on any atom is 0.322 e. The van der Waals surface area contributed by atoms with Gasteiger partial charge in [0.05, 0.1) is 5.52 Å². The average molecular weight is 396 g/mol. The molecule has 0 saturated carbocycles. The number of amides is 1. The van der Waals surface area contributed by atoms with Gasteiger partial charge in [0.15, 0.2) is 5.56 Å². The van der Waals surface area contributed by atoms with Gasteiger partial charge in [0.25, 0.3) is 11.5 Å². The van der Waals surface area contributed by atoms with Crippen LogP contribution in [0.1, 0.15) is 27.0 Å². The lowest BCUT2D eigenvalue weighted by atomic mass is 10.1. The Kier molecular flexibility index (Phi) is 5.54. The highest BCUT2D eigenvalue weighted by Crippen LogP contribution is 2.26. The molecule has 8 nitrogen and oxygen atoms in total. The van der Waals surface area contributed by atoms with Crippen molar-refractivity contribution in [3.8, 4) is 5.75 Å². The Morgan fingerprint density at radius 2 is 1.76 bits per heavy atom. The van der Waals surface area contributed by atoms with Crippen LogP contribution in [-0.2, 0) is 11.4 Å². The van der Waals surface area contributed by atoms with Crippen LogP contribution in [0, 0.1) is 13.8 Å². The number of para-hydroxylation sites is 1. The van der Waals surface area contributed by atoms with Crippen molar-refractivity contribution in [3.63, 3.8) is 0 Å². The maximum atomic E-state index is 12.9. The van der Waals surface area contributed by atoms with E-state index in [4.69, 9.17) is 9.94 Å². The third-order valence-electron chi connectivity index (χ3n) is 4.28. The fourth-order valence-electron chi connectivity index (χ4n) is 3.17. The second kappa shape index (κ2) is 8.05. The highest BCUT2D eigenvalue weighted by atomic mass is 16.7. The summed E-state index contributed by atoms with van der Waals surface area (Å²) in [6.07, 6.45) is 0. The largest absolute Gasteiger partial charge is 0.506 e. The Labute approximate surface area is 165 Å². The van der Waals surface area contributed by atoms with Gasteiger partial charge in [-0.05, 0) is 31.5 Å². The molecule has 1 aromatic heterocycles. The number of pyridine rings is 1. The Hall–Kier alpha value is -3.81. The van der Waals surface area contributed by atoms with Crippen LogP contribution in [0.25, 0.3) is 10.9 Å². The second-order valence-corrected chi connectivity index (χ2v) is 6.69. The van der Waals surface area contributed by atoms with Crippen LogP contribution in [0.3, 0.4) is 0 Å². The van der Waals surface area contributed by atoms with E-state index in [2.05, 4.69) is 5.32 Å². The summed E-state index contributed by atoms with van der Waals surface area (Å²) in [5.74, 6) is -2.80. The van der Waals surface area contributed by atoms with Gasteiger partial charge in [-0.2, -0.15) is 0 Å². The molecule has 8 heteroatoms. The molecule has 0 saturated heterocycles. The number of aryl methyl sites for hydroxylation is 2. The summed E-state index contributed by atoms with van der Waals surface area (Å²) in [6.45, 7) is 3.27. The molecular formula is C21H20N2O6. The summed E-state index contributed by atoms with van der Waals surface area (Å²) in [6, 6.07) is 12.3. The lowest BCUT2D eigenvalue weighted by molar-refractivity contribution is -0.135. The molecule has 0 unspecified atom stereocenters. The molecule has 0 fully saturated rings. The van der Waals surface area contributed by atoms with E-state index in [-0.39, 0.29) is 17.5 Å². The third-order valence-corrected chi connectivity index (χ3v) is 4.28. The number of hydrogen-bond donors (Lipinski definition) is 3. The summed E-state index contributed by atoms with van der Waals surface area (Å²) in [7, 11) is 0. The van der Waals surface area contributed by atoms with Gasteiger partial charge in [0, 0.05) is 5.39 Å². The van der Waals surface area contributed by atoms with Gasteiger partial charge >= 0.3 is 5.97 Å². The molecule has 1 heterocycles. The quantitative estimate of drug-likeness (QED) is 0.584. The lowest BCUT2D eigenvalue weighted by Gasteiger charge is -2.15. The average Bonchev–Trinajstić information content (AvgIpc) is 2.65. The topological polar surface area (TPSA) is 118 Å². The molecule has 2 aromatic carbocycles. The fourth-order valence-corrected chi connectivity index (χ4v) is 3.17. The van der Waals surface area contributed by atoms with Gasteiger partial charge in [-0.15, -0.1) is 4.73 Å². The zero-order valence-electron chi connectivity index (χ0n) is 15.9. The number of fused-ring (bicyclic) bond motifs is 1. The normalized spacial score (nSPS) is 10.7. The monoisotopic (exact) mass is 396 g/mol. The number of hydrogen-bond acceptors (Lipinski definition) is 5. The standard InChI is InChI=1S/C21H20N2O6/c1-12-7-13(2)9-14(8-12)11-29-23-16-6-4-3-5-15(16)19(26)18(21(23)28)20(27)22-10-17(24)25/h3-9,26H,10-11H2,1-2H3,(H,22,27)(H,24,25). The molecule has 0 spiro atoms. The van der Waals surface area contributed by atoms with Crippen LogP contribution in [0.2, 0.25) is 0 Å². The number of aromatic hydroxyl groups is 1. The van der Waals surface area contributed by atoms with Gasteiger partial charge < -0.3 is 20.4 Å². The summed E-state index contributed by atoms with van der Waals surface area (Å²) < 4.78 is 0.947. The van der Waals surface area contributed by atoms with Crippen molar-refractivity contribution in [3.05, 3.63) is 75.1 Å². The van der Waals surface area contributed by atoms with Crippen molar-refractivity contribution in [1.29, 1.82) is 0 Å². The minimum Gasteiger partial charge on any atom is -0.506 e. The third kappa shape index (κ3) is 4.21. The van der Waals surface area contributed by atoms with Crippen molar-refractivity contribution in [1.82, 2.24) is 10.0 Å². The highest BCUT2D eigenvalue weighted by Gasteiger charge is 2.23. The van der Waals surface area contributed by atoms with Crippen molar-refractivity contribution in [2.24, 2.45) is 0 Å². The van der Waals surface area contributed by atoms with Gasteiger partial charge in [0.1, 0.15) is 18.9 Å². The minimum absolute atomic E-state index is 0.0629. The lowest BCUT2D eigenvalue weighted by Crippen LogP contribution is -2.37. The predicted octanol–water partition coefficient (Wildman–Crippen LogP) is 1.77. The number of nitrogens with one attached hydrogen (secondary N) is 1. The first-order valence-electron chi connectivity index (χ1n) is 8.85. The Morgan fingerprint density at radius 1 is 1.10 bits per heavy atom. The highest BCUT2D eigenvalue weighted by molar-refractivity contribution is 6.02. The molecule has 3 aromatic rings. The van der Waals surface area contributed by atoms with E-state index in [0.717, 1.165) is 21.4 Å². The molecular weight excluding hydrogens is 376 g/mol. The molecule has 0 aliphatic rings. The van der Waals surface area contributed by atoms with E-state index in [0.29, 0.717) is 0 Å². The van der Waals surface area contributed by atoms with E-state index < -0.39 is 35.3 Å². The van der Waals surface area contributed by atoms with E-state index in [1.54, 1.807) is 18.2 Å². The Balaban J connectivity index is 2.06. The van der Waals surface area contributed by atoms with Gasteiger partial charge in [-0.3, -0.25) is 14.4 Å². The van der Waals surface area contributed by atoms with Crippen LogP contribution < -0.4 is 15.7 Å². The minimum atomic E-state index is -1.27. The number of carboxylic acid groups (broad SMARTS) is 1. The van der Waals surface area contributed by atoms with Crippen molar-refractivity contribution in [2.75, 3.05) is 6.54 Å². The maximum absolute atomic E-state index is 12.9. The number of carbonyl (C=O) groups excluding carboxylic acids is 1. The molecule has 3 N–H and O–H groups in total. The van der Waals surface area contributed by atoms with Crippen LogP contribution in [0.5, 0.6) is 5.75 Å². The molecule has 0 aliphatic heterocycles. The van der Waals surface area contributed by atoms with Crippen LogP contribution in [-0.4, -0.2) is 33.4 Å². The van der Waals surface area contributed by atoms with Crippen molar-refractivity contribution < 1.29 is 24.6 Å². The van der Waals surface area contributed by atoms with Gasteiger partial charge in [-0.25, -0.2) is 0 Å². The van der Waals surface area contributed by atoms with Gasteiger partial charge in [-0.1, -0.05) is 41.5 Å². The fraction of sp³-hybridized carbons (Fsp3) is 0.190. The number of aromatic nitrogens is 1. The zero-order valence-corrected chi connectivity index (χ0v) is 15.9. The first-order chi connectivity index (χ1) is 13.8. The number of rotatable bonds is 6. The van der Waals surface area contributed by atoms with E-state index in [9.17, 15) is 19.5 Å². The number of carbonyl (C=O) groups is 2. The Morgan fingerprint density at radius 3 is 2.41 bits per heavy atom. The first-order valence-corrected chi connectivity index (χ1v) is 8.85. The molecule has 0 atom stereocenters. The zero-order chi connectivity index (χ0) is 21.1. The Bertz CT molecular complexity index is 1150. The number of carboxylic acids is 1. The van der Waals surface area contributed by atoms with Crippen LogP contribution in [0.4, 0.5) is 0 Å². The second-order valence-electron chi connectivity index (χ2n) is 6.69. The predicted molar refractivity (Wildman–Crippen MR) is 106 cm³/mol. The number of nitrogens with zero attached hydrogens (tertiary/aromatic N) is 1. The molecule has 0 aliphatic carbocycles. The molecule has 0 bridgehead atoms. The molecule has 3 rings (SSSR count). The first kappa shape index (κ1) is 19.9. The van der Waals surface area contributed by atoms with Crippen LogP contribution >= 0.6 is 0 Å². The van der Waals surface area contributed by atoms with Crippen LogP contribution in [0.15, 0.2) is 47.3 Å². The van der Waals surface area contributed by atoms with E-state index in [1.807, 2.05) is 32.0 Å². The summed E-state index contributed by atoms with van der Waals surface area (Å²) >= 11 is 0. The number of aliphatic carboxylic acids is 1. The molecule has 0 radical (unpaired) electrons. The SMILES string of the molecule is Cc1cc(C)cc(COn2c(=O)c(C(=O)NCC(=O)O)c(O)c3ccccc32)c1. The smallest absolute Gasteiger partial charge is 0.322 e. The molecule has 29 heavy (non-hydrogen) atoms. The molecule has 1 amide bonds. The summed E-state index contributed by atoms with van der Waals surface area (Å²) in [5.41, 5.74) is 1.75. The summed E-state index contributed by atoms with van der Waals surface area (Å²) in [4.78, 5) is 41.7. The molecule has 150 valence electrons. The van der Waals surface area contributed by atoms with Crippen molar-refractivity contribution in [2.45, 2.75) is 20.5 Å². The van der Waals surface area contributed by atoms with Gasteiger partial charge in [0.2, 0.25) is 0 Å². The number of benzene rings is 2. The van der Waals surface area contributed by atoms with E-state index >= 15 is 0 Å². The van der Waals surface area contributed by atoms with Crippen molar-refractivity contribution >= 4 is 22.8 Å². The van der Waals surface area contributed by atoms with E-state index in [1.165, 1.54) is 6.07 Å².